The molecule has 2 heteroatoms. The molecule has 0 aromatic heterocycles. The van der Waals surface area contributed by atoms with E-state index in [0.717, 1.165) is 25.8 Å². The monoisotopic (exact) mass is 275 g/mol. The Hall–Kier alpha value is -0.860. The summed E-state index contributed by atoms with van der Waals surface area (Å²) in [7, 11) is 2.16. The average Bonchev–Trinajstić information content (AvgIpc) is 2.38. The third-order valence-corrected chi connectivity index (χ3v) is 4.34. The Balaban J connectivity index is 2.05. The molecule has 3 unspecified atom stereocenters. The lowest BCUT2D eigenvalue weighted by molar-refractivity contribution is 0.0132. The fourth-order valence-electron chi connectivity index (χ4n) is 3.50. The second-order valence-corrected chi connectivity index (χ2v) is 7.53. The second kappa shape index (κ2) is 6.28. The quantitative estimate of drug-likeness (QED) is 0.910. The summed E-state index contributed by atoms with van der Waals surface area (Å²) in [6.07, 6.45) is 2.91. The lowest BCUT2D eigenvalue weighted by atomic mass is 9.79. The van der Waals surface area contributed by atoms with Crippen molar-refractivity contribution < 1.29 is 5.11 Å². The summed E-state index contributed by atoms with van der Waals surface area (Å²) < 4.78 is 0. The van der Waals surface area contributed by atoms with E-state index in [1.807, 2.05) is 0 Å². The number of aliphatic hydroxyl groups excluding tert-OH is 1. The van der Waals surface area contributed by atoms with Gasteiger partial charge in [-0.1, -0.05) is 51.1 Å². The summed E-state index contributed by atoms with van der Waals surface area (Å²) in [6, 6.07) is 11.0. The average molecular weight is 275 g/mol. The molecule has 2 nitrogen and oxygen atoms in total. The van der Waals surface area contributed by atoms with Crippen molar-refractivity contribution in [1.82, 2.24) is 4.90 Å². The molecule has 1 fully saturated rings. The number of benzene rings is 1. The molecular weight excluding hydrogens is 246 g/mol. The van der Waals surface area contributed by atoms with Crippen molar-refractivity contribution in [3.8, 4) is 0 Å². The van der Waals surface area contributed by atoms with Gasteiger partial charge in [-0.2, -0.15) is 0 Å². The number of hydrogen-bond donors (Lipinski definition) is 1. The van der Waals surface area contributed by atoms with E-state index in [9.17, 15) is 5.11 Å². The Morgan fingerprint density at radius 1 is 1.15 bits per heavy atom. The minimum Gasteiger partial charge on any atom is -0.391 e. The summed E-state index contributed by atoms with van der Waals surface area (Å²) in [5.41, 5.74) is 1.70. The van der Waals surface area contributed by atoms with Gasteiger partial charge in [0.15, 0.2) is 0 Å². The lowest BCUT2D eigenvalue weighted by Gasteiger charge is -2.41. The molecule has 1 saturated carbocycles. The molecule has 1 aliphatic rings. The van der Waals surface area contributed by atoms with Gasteiger partial charge in [-0.25, -0.2) is 0 Å². The van der Waals surface area contributed by atoms with Crippen LogP contribution < -0.4 is 0 Å². The van der Waals surface area contributed by atoms with E-state index in [-0.39, 0.29) is 17.6 Å². The second-order valence-electron chi connectivity index (χ2n) is 7.53. The Morgan fingerprint density at radius 2 is 1.80 bits per heavy atom. The van der Waals surface area contributed by atoms with Crippen LogP contribution in [-0.2, 0) is 0 Å². The molecule has 0 heterocycles. The molecule has 3 atom stereocenters. The molecule has 20 heavy (non-hydrogen) atoms. The number of aliphatic hydroxyl groups is 1. The molecular formula is C18H29NO. The fraction of sp³-hybridized carbons (Fsp3) is 0.667. The Kier molecular flexibility index (Phi) is 4.87. The third kappa shape index (κ3) is 4.07. The maximum Gasteiger partial charge on any atom is 0.0695 e. The van der Waals surface area contributed by atoms with Gasteiger partial charge in [0.25, 0.3) is 0 Å². The standard InChI is InChI=1S/C18H29NO/c1-18(2,3)13-19(4)16-12-15(10-11-17(16)20)14-8-6-5-7-9-14/h5-9,15-17,20H,10-13H2,1-4H3. The molecule has 0 spiro atoms. The molecule has 112 valence electrons. The van der Waals surface area contributed by atoms with Crippen LogP contribution in [-0.4, -0.2) is 35.7 Å². The van der Waals surface area contributed by atoms with Crippen molar-refractivity contribution in [1.29, 1.82) is 0 Å². The van der Waals surface area contributed by atoms with E-state index in [2.05, 4.69) is 63.1 Å². The molecule has 1 aliphatic carbocycles. The molecule has 0 radical (unpaired) electrons. The van der Waals surface area contributed by atoms with Gasteiger partial charge in [0.1, 0.15) is 0 Å². The Morgan fingerprint density at radius 3 is 2.40 bits per heavy atom. The van der Waals surface area contributed by atoms with Gasteiger partial charge in [0.2, 0.25) is 0 Å². The smallest absolute Gasteiger partial charge is 0.0695 e. The highest BCUT2D eigenvalue weighted by Crippen LogP contribution is 2.35. The van der Waals surface area contributed by atoms with E-state index in [4.69, 9.17) is 0 Å². The lowest BCUT2D eigenvalue weighted by Crippen LogP contribution is -2.47. The van der Waals surface area contributed by atoms with E-state index in [1.54, 1.807) is 0 Å². The molecule has 0 amide bonds. The first kappa shape index (κ1) is 15.5. The minimum atomic E-state index is -0.178. The van der Waals surface area contributed by atoms with Gasteiger partial charge in [-0.05, 0) is 43.2 Å². The van der Waals surface area contributed by atoms with E-state index >= 15 is 0 Å². The van der Waals surface area contributed by atoms with Crippen molar-refractivity contribution in [3.63, 3.8) is 0 Å². The van der Waals surface area contributed by atoms with Gasteiger partial charge >= 0.3 is 0 Å². The van der Waals surface area contributed by atoms with E-state index < -0.39 is 0 Å². The zero-order valence-electron chi connectivity index (χ0n) is 13.3. The predicted molar refractivity (Wildman–Crippen MR) is 84.9 cm³/mol. The highest BCUT2D eigenvalue weighted by Gasteiger charge is 2.33. The maximum absolute atomic E-state index is 10.4. The summed E-state index contributed by atoms with van der Waals surface area (Å²) in [5, 5.41) is 10.4. The number of likely N-dealkylation sites (N-methyl/N-ethyl adjacent to an activating group) is 1. The van der Waals surface area contributed by atoms with Crippen LogP contribution in [0.1, 0.15) is 51.5 Å². The molecule has 1 aromatic carbocycles. The largest absolute Gasteiger partial charge is 0.391 e. The molecule has 0 saturated heterocycles. The molecule has 1 N–H and O–H groups in total. The number of nitrogens with zero attached hydrogens (tertiary/aromatic N) is 1. The molecule has 0 bridgehead atoms. The third-order valence-electron chi connectivity index (χ3n) is 4.34. The topological polar surface area (TPSA) is 23.5 Å². The molecule has 2 rings (SSSR count). The highest BCUT2D eigenvalue weighted by atomic mass is 16.3. The van der Waals surface area contributed by atoms with Crippen molar-refractivity contribution >= 4 is 0 Å². The first-order valence-electron chi connectivity index (χ1n) is 7.80. The zero-order valence-corrected chi connectivity index (χ0v) is 13.3. The van der Waals surface area contributed by atoms with E-state index in [0.29, 0.717) is 5.92 Å². The van der Waals surface area contributed by atoms with Crippen LogP contribution in [0.15, 0.2) is 30.3 Å². The normalized spacial score (nSPS) is 27.8. The van der Waals surface area contributed by atoms with Gasteiger partial charge in [0.05, 0.1) is 6.10 Å². The first-order valence-corrected chi connectivity index (χ1v) is 7.80. The molecule has 1 aromatic rings. The van der Waals surface area contributed by atoms with Crippen molar-refractivity contribution in [2.24, 2.45) is 5.41 Å². The summed E-state index contributed by atoms with van der Waals surface area (Å²) in [6.45, 7) is 7.80. The van der Waals surface area contributed by atoms with Gasteiger partial charge in [0, 0.05) is 12.6 Å². The van der Waals surface area contributed by atoms with Crippen LogP contribution in [0.5, 0.6) is 0 Å². The summed E-state index contributed by atoms with van der Waals surface area (Å²) >= 11 is 0. The fourth-order valence-corrected chi connectivity index (χ4v) is 3.50. The van der Waals surface area contributed by atoms with Crippen LogP contribution in [0.2, 0.25) is 0 Å². The highest BCUT2D eigenvalue weighted by molar-refractivity contribution is 5.20. The van der Waals surface area contributed by atoms with Crippen molar-refractivity contribution in [2.45, 2.75) is 58.1 Å². The van der Waals surface area contributed by atoms with E-state index in [1.165, 1.54) is 5.56 Å². The number of rotatable bonds is 3. The van der Waals surface area contributed by atoms with Gasteiger partial charge in [-0.3, -0.25) is 0 Å². The van der Waals surface area contributed by atoms with Crippen molar-refractivity contribution in [2.75, 3.05) is 13.6 Å². The van der Waals surface area contributed by atoms with Crippen LogP contribution in [0, 0.1) is 5.41 Å². The van der Waals surface area contributed by atoms with Crippen molar-refractivity contribution in [3.05, 3.63) is 35.9 Å². The SMILES string of the molecule is CN(CC(C)(C)C)C1CC(c2ccccc2)CCC1O. The zero-order chi connectivity index (χ0) is 14.8. The minimum absolute atomic E-state index is 0.178. The summed E-state index contributed by atoms with van der Waals surface area (Å²) in [5.74, 6) is 0.590. The first-order chi connectivity index (χ1) is 9.37. The van der Waals surface area contributed by atoms with Crippen LogP contribution in [0.4, 0.5) is 0 Å². The number of hydrogen-bond acceptors (Lipinski definition) is 2. The summed E-state index contributed by atoms with van der Waals surface area (Å²) in [4.78, 5) is 2.36. The Labute approximate surface area is 123 Å². The predicted octanol–water partition coefficient (Wildman–Crippen LogP) is 3.66. The Bertz CT molecular complexity index is 409. The van der Waals surface area contributed by atoms with Gasteiger partial charge in [-0.15, -0.1) is 0 Å². The van der Waals surface area contributed by atoms with Crippen LogP contribution in [0.25, 0.3) is 0 Å². The van der Waals surface area contributed by atoms with Crippen LogP contribution in [0.3, 0.4) is 0 Å². The van der Waals surface area contributed by atoms with Gasteiger partial charge < -0.3 is 10.0 Å². The van der Waals surface area contributed by atoms with Crippen LogP contribution >= 0.6 is 0 Å². The maximum atomic E-state index is 10.4. The molecule has 0 aliphatic heterocycles.